The Morgan fingerprint density at radius 3 is 2.35 bits per heavy atom. The number of hydrogen-bond acceptors (Lipinski definition) is 5. The topological polar surface area (TPSA) is 69.7 Å². The average Bonchev–Trinajstić information content (AvgIpc) is 2.23. The molecule has 0 aromatic rings. The van der Waals surface area contributed by atoms with Gasteiger partial charge in [-0.2, -0.15) is 0 Å². The van der Waals surface area contributed by atoms with Crippen LogP contribution in [-0.2, 0) is 23.9 Å². The molecule has 0 atom stereocenters. The molecule has 0 aliphatic heterocycles. The minimum Gasteiger partial charge on any atom is -0.462 e. The van der Waals surface area contributed by atoms with Crippen LogP contribution in [0.3, 0.4) is 0 Å². The second-order valence-corrected chi connectivity index (χ2v) is 4.21. The molecule has 0 unspecified atom stereocenters. The number of rotatable bonds is 6. The van der Waals surface area contributed by atoms with Gasteiger partial charge in [-0.25, -0.2) is 9.59 Å². The first kappa shape index (κ1) is 15.9. The summed E-state index contributed by atoms with van der Waals surface area (Å²) in [5, 5.41) is 0. The lowest BCUT2D eigenvalue weighted by Gasteiger charge is -2.04. The zero-order valence-corrected chi connectivity index (χ0v) is 10.7. The summed E-state index contributed by atoms with van der Waals surface area (Å²) in [6.45, 7) is 4.94. The Hall–Kier alpha value is -1.07. The average molecular weight is 283 g/mol. The highest BCUT2D eigenvalue weighted by Gasteiger charge is 2.17. The molecule has 0 fully saturated rings. The number of esters is 3. The normalized spacial score (nSPS) is 9.88. The van der Waals surface area contributed by atoms with E-state index in [0.717, 1.165) is 0 Å². The Labute approximate surface area is 109 Å². The second kappa shape index (κ2) is 8.08. The zero-order chi connectivity index (χ0) is 13.4. The molecule has 0 heterocycles. The van der Waals surface area contributed by atoms with Crippen LogP contribution in [0.25, 0.3) is 0 Å². The van der Waals surface area contributed by atoms with Gasteiger partial charge in [-0.3, -0.25) is 4.79 Å². The third kappa shape index (κ3) is 7.76. The van der Waals surface area contributed by atoms with Gasteiger partial charge in [0.2, 0.25) is 4.84 Å². The Morgan fingerprint density at radius 1 is 1.29 bits per heavy atom. The number of hydrogen-bond donors (Lipinski definition) is 0. The molecule has 5 nitrogen and oxygen atoms in total. The number of alkyl halides is 2. The van der Waals surface area contributed by atoms with E-state index in [1.807, 2.05) is 0 Å². The summed E-state index contributed by atoms with van der Waals surface area (Å²) in [6, 6.07) is 0. The van der Waals surface area contributed by atoms with Gasteiger partial charge in [0, 0.05) is 12.0 Å². The molecule has 0 N–H and O–H groups in total. The van der Waals surface area contributed by atoms with Crippen LogP contribution in [0.15, 0.2) is 12.2 Å². The third-order valence-corrected chi connectivity index (χ3v) is 1.86. The van der Waals surface area contributed by atoms with E-state index < -0.39 is 22.7 Å². The predicted octanol–water partition coefficient (Wildman–Crippen LogP) is 1.76. The number of halogens is 2. The quantitative estimate of drug-likeness (QED) is 0.244. The van der Waals surface area contributed by atoms with Crippen LogP contribution in [-0.4, -0.2) is 29.4 Å². The van der Waals surface area contributed by atoms with Crippen molar-refractivity contribution in [2.75, 3.05) is 6.61 Å². The maximum Gasteiger partial charge on any atom is 0.347 e. The highest BCUT2D eigenvalue weighted by Crippen LogP contribution is 2.05. The lowest BCUT2D eigenvalue weighted by Crippen LogP contribution is -2.18. The van der Waals surface area contributed by atoms with Crippen LogP contribution in [0.1, 0.15) is 19.8 Å². The van der Waals surface area contributed by atoms with Crippen molar-refractivity contribution >= 4 is 41.1 Å². The van der Waals surface area contributed by atoms with Crippen molar-refractivity contribution in [3.8, 4) is 0 Å². The lowest BCUT2D eigenvalue weighted by molar-refractivity contribution is -0.159. The van der Waals surface area contributed by atoms with Crippen molar-refractivity contribution < 1.29 is 23.9 Å². The first-order chi connectivity index (χ1) is 7.84. The third-order valence-electron chi connectivity index (χ3n) is 1.50. The predicted molar refractivity (Wildman–Crippen MR) is 61.6 cm³/mol. The standard InChI is InChI=1S/C10H12Cl2O5/c1-6(2)9(14)16-5-3-4-7(13)17-10(15)8(11)12/h8H,1,3-5H2,2H3. The van der Waals surface area contributed by atoms with Gasteiger partial charge in [0.05, 0.1) is 6.61 Å². The SMILES string of the molecule is C=C(C)C(=O)OCCCC(=O)OC(=O)C(Cl)Cl. The molecular formula is C10H12Cl2O5. The van der Waals surface area contributed by atoms with Crippen LogP contribution < -0.4 is 0 Å². The molecule has 0 aliphatic rings. The monoisotopic (exact) mass is 282 g/mol. The van der Waals surface area contributed by atoms with Gasteiger partial charge in [-0.15, -0.1) is 0 Å². The van der Waals surface area contributed by atoms with Crippen molar-refractivity contribution in [1.82, 2.24) is 0 Å². The van der Waals surface area contributed by atoms with Crippen molar-refractivity contribution in [3.05, 3.63) is 12.2 Å². The van der Waals surface area contributed by atoms with E-state index in [2.05, 4.69) is 11.3 Å². The minimum atomic E-state index is -1.39. The van der Waals surface area contributed by atoms with Crippen molar-refractivity contribution in [1.29, 1.82) is 0 Å². The molecule has 0 radical (unpaired) electrons. The molecular weight excluding hydrogens is 271 g/mol. The van der Waals surface area contributed by atoms with Crippen LogP contribution >= 0.6 is 23.2 Å². The molecule has 17 heavy (non-hydrogen) atoms. The second-order valence-electron chi connectivity index (χ2n) is 3.11. The summed E-state index contributed by atoms with van der Waals surface area (Å²) in [7, 11) is 0. The summed E-state index contributed by atoms with van der Waals surface area (Å²) in [5.74, 6) is -2.32. The van der Waals surface area contributed by atoms with Gasteiger partial charge in [0.25, 0.3) is 0 Å². The lowest BCUT2D eigenvalue weighted by atomic mass is 10.3. The zero-order valence-electron chi connectivity index (χ0n) is 9.20. The number of carbonyl (C=O) groups is 3. The summed E-state index contributed by atoms with van der Waals surface area (Å²) in [6.07, 6.45) is 0.163. The minimum absolute atomic E-state index is 0.0418. The van der Waals surface area contributed by atoms with E-state index in [0.29, 0.717) is 0 Å². The fourth-order valence-electron chi connectivity index (χ4n) is 0.712. The Kier molecular flexibility index (Phi) is 7.58. The summed E-state index contributed by atoms with van der Waals surface area (Å²) in [4.78, 5) is 31.3. The van der Waals surface area contributed by atoms with Crippen LogP contribution in [0.2, 0.25) is 0 Å². The molecule has 0 bridgehead atoms. The van der Waals surface area contributed by atoms with Crippen LogP contribution in [0.4, 0.5) is 0 Å². The largest absolute Gasteiger partial charge is 0.462 e. The van der Waals surface area contributed by atoms with Crippen LogP contribution in [0, 0.1) is 0 Å². The summed E-state index contributed by atoms with van der Waals surface area (Å²) in [5.41, 5.74) is 0.273. The smallest absolute Gasteiger partial charge is 0.347 e. The van der Waals surface area contributed by atoms with Gasteiger partial charge in [-0.1, -0.05) is 29.8 Å². The van der Waals surface area contributed by atoms with Gasteiger partial charge in [-0.05, 0) is 13.3 Å². The van der Waals surface area contributed by atoms with Gasteiger partial charge in [0.1, 0.15) is 0 Å². The van der Waals surface area contributed by atoms with Crippen molar-refractivity contribution in [3.63, 3.8) is 0 Å². The molecule has 7 heteroatoms. The highest BCUT2D eigenvalue weighted by molar-refractivity contribution is 6.53. The fraction of sp³-hybridized carbons (Fsp3) is 0.500. The first-order valence-electron chi connectivity index (χ1n) is 4.70. The molecule has 96 valence electrons. The molecule has 0 saturated carbocycles. The van der Waals surface area contributed by atoms with E-state index in [-0.39, 0.29) is 25.0 Å². The molecule has 0 aliphatic carbocycles. The first-order valence-corrected chi connectivity index (χ1v) is 5.57. The van der Waals surface area contributed by atoms with E-state index in [1.165, 1.54) is 6.92 Å². The number of ether oxygens (including phenoxy) is 2. The molecule has 0 aromatic carbocycles. The van der Waals surface area contributed by atoms with E-state index in [1.54, 1.807) is 0 Å². The van der Waals surface area contributed by atoms with Gasteiger partial charge in [0.15, 0.2) is 0 Å². The maximum absolute atomic E-state index is 11.0. The van der Waals surface area contributed by atoms with E-state index in [9.17, 15) is 14.4 Å². The Balaban J connectivity index is 3.69. The highest BCUT2D eigenvalue weighted by atomic mass is 35.5. The van der Waals surface area contributed by atoms with E-state index in [4.69, 9.17) is 27.9 Å². The molecule has 0 amide bonds. The number of carbonyl (C=O) groups excluding carboxylic acids is 3. The van der Waals surface area contributed by atoms with Crippen LogP contribution in [0.5, 0.6) is 0 Å². The summed E-state index contributed by atoms with van der Waals surface area (Å²) < 4.78 is 8.99. The van der Waals surface area contributed by atoms with E-state index >= 15 is 0 Å². The molecule has 0 saturated heterocycles. The van der Waals surface area contributed by atoms with Crippen molar-refractivity contribution in [2.45, 2.75) is 24.6 Å². The summed E-state index contributed by atoms with van der Waals surface area (Å²) >= 11 is 10.3. The molecule has 0 rings (SSSR count). The maximum atomic E-state index is 11.0. The fourth-order valence-corrected chi connectivity index (χ4v) is 0.801. The molecule has 0 spiro atoms. The van der Waals surface area contributed by atoms with Gasteiger partial charge < -0.3 is 9.47 Å². The van der Waals surface area contributed by atoms with Crippen molar-refractivity contribution in [2.24, 2.45) is 0 Å². The molecule has 0 aromatic heterocycles. The Bertz CT molecular complexity index is 325. The Morgan fingerprint density at radius 2 is 1.88 bits per heavy atom. The van der Waals surface area contributed by atoms with Gasteiger partial charge >= 0.3 is 17.9 Å².